The van der Waals surface area contributed by atoms with Gasteiger partial charge in [0.05, 0.1) is 0 Å². The quantitative estimate of drug-likeness (QED) is 0.818. The first-order valence-electron chi connectivity index (χ1n) is 4.90. The Morgan fingerprint density at radius 1 is 1.35 bits per heavy atom. The van der Waals surface area contributed by atoms with E-state index in [0.717, 1.165) is 5.56 Å². The predicted molar refractivity (Wildman–Crippen MR) is 64.2 cm³/mol. The minimum Gasteiger partial charge on any atom is -0.292 e. The van der Waals surface area contributed by atoms with Crippen LogP contribution in [0.5, 0.6) is 0 Å². The van der Waals surface area contributed by atoms with Gasteiger partial charge in [-0.15, -0.1) is 0 Å². The molecule has 0 amide bonds. The van der Waals surface area contributed by atoms with Crippen molar-refractivity contribution >= 4 is 21.7 Å². The maximum atomic E-state index is 12.9. The maximum absolute atomic E-state index is 12.9. The Hall–Kier alpha value is -1.62. The lowest BCUT2D eigenvalue weighted by atomic mass is 10.1. The second kappa shape index (κ2) is 5.14. The molecular formula is C12H8BrFN2O. The van der Waals surface area contributed by atoms with Crippen molar-refractivity contribution in [2.24, 2.45) is 0 Å². The monoisotopic (exact) mass is 294 g/mol. The van der Waals surface area contributed by atoms with E-state index >= 15 is 0 Å². The predicted octanol–water partition coefficient (Wildman–Crippen LogP) is 2.80. The summed E-state index contributed by atoms with van der Waals surface area (Å²) in [6, 6.07) is 5.80. The van der Waals surface area contributed by atoms with Crippen molar-refractivity contribution < 1.29 is 9.18 Å². The van der Waals surface area contributed by atoms with Gasteiger partial charge in [-0.3, -0.25) is 4.79 Å². The lowest BCUT2D eigenvalue weighted by molar-refractivity contribution is 0.0988. The number of carbonyl (C=O) groups is 1. The van der Waals surface area contributed by atoms with Crippen LogP contribution in [0, 0.1) is 5.82 Å². The zero-order valence-corrected chi connectivity index (χ0v) is 10.3. The Morgan fingerprint density at radius 3 is 2.82 bits per heavy atom. The Labute approximate surface area is 106 Å². The van der Waals surface area contributed by atoms with E-state index < -0.39 is 0 Å². The highest BCUT2D eigenvalue weighted by atomic mass is 79.9. The molecule has 0 radical (unpaired) electrons. The molecule has 0 spiro atoms. The van der Waals surface area contributed by atoms with E-state index in [-0.39, 0.29) is 18.0 Å². The molecule has 0 N–H and O–H groups in total. The highest BCUT2D eigenvalue weighted by Crippen LogP contribution is 2.19. The van der Waals surface area contributed by atoms with E-state index in [1.807, 2.05) is 0 Å². The van der Waals surface area contributed by atoms with Crippen LogP contribution in [0.4, 0.5) is 4.39 Å². The summed E-state index contributed by atoms with van der Waals surface area (Å²) in [6.07, 6.45) is 3.02. The SMILES string of the molecule is O=C(Cc1ccc(F)cc1Br)c1ccncn1. The minimum atomic E-state index is -0.338. The first-order chi connectivity index (χ1) is 8.16. The summed E-state index contributed by atoms with van der Waals surface area (Å²) in [6.45, 7) is 0. The average molecular weight is 295 g/mol. The molecule has 3 nitrogen and oxygen atoms in total. The number of aromatic nitrogens is 2. The number of halogens is 2. The number of rotatable bonds is 3. The van der Waals surface area contributed by atoms with Gasteiger partial charge < -0.3 is 0 Å². The third-order valence-corrected chi connectivity index (χ3v) is 2.97. The van der Waals surface area contributed by atoms with Crippen LogP contribution in [0.2, 0.25) is 0 Å². The average Bonchev–Trinajstić information content (AvgIpc) is 2.34. The lowest BCUT2D eigenvalue weighted by Gasteiger charge is -2.03. The van der Waals surface area contributed by atoms with Crippen molar-refractivity contribution in [3.63, 3.8) is 0 Å². The number of hydrogen-bond acceptors (Lipinski definition) is 3. The van der Waals surface area contributed by atoms with Gasteiger partial charge in [0, 0.05) is 17.1 Å². The summed E-state index contributed by atoms with van der Waals surface area (Å²) in [5, 5.41) is 0. The zero-order valence-electron chi connectivity index (χ0n) is 8.73. The normalized spacial score (nSPS) is 10.2. The molecule has 0 saturated carbocycles. The van der Waals surface area contributed by atoms with Crippen LogP contribution in [-0.2, 0) is 6.42 Å². The van der Waals surface area contributed by atoms with E-state index in [1.165, 1.54) is 24.7 Å². The zero-order chi connectivity index (χ0) is 12.3. The highest BCUT2D eigenvalue weighted by molar-refractivity contribution is 9.10. The molecule has 0 fully saturated rings. The van der Waals surface area contributed by atoms with Gasteiger partial charge in [0.25, 0.3) is 0 Å². The Kier molecular flexibility index (Phi) is 3.58. The summed E-state index contributed by atoms with van der Waals surface area (Å²) >= 11 is 3.22. The standard InChI is InChI=1S/C12H8BrFN2O/c13-10-6-9(14)2-1-8(10)5-12(17)11-3-4-15-7-16-11/h1-4,6-7H,5H2. The summed E-state index contributed by atoms with van der Waals surface area (Å²) in [5.74, 6) is -0.463. The second-order valence-electron chi connectivity index (χ2n) is 3.43. The number of nitrogens with zero attached hydrogens (tertiary/aromatic N) is 2. The number of ketones is 1. The first kappa shape index (κ1) is 11.9. The molecule has 0 aliphatic carbocycles. The van der Waals surface area contributed by atoms with Gasteiger partial charge in [0.15, 0.2) is 5.78 Å². The van der Waals surface area contributed by atoms with Crippen molar-refractivity contribution in [1.29, 1.82) is 0 Å². The highest BCUT2D eigenvalue weighted by Gasteiger charge is 2.10. The third-order valence-electron chi connectivity index (χ3n) is 2.23. The molecule has 0 aliphatic heterocycles. The van der Waals surface area contributed by atoms with Gasteiger partial charge in [0.1, 0.15) is 17.8 Å². The maximum Gasteiger partial charge on any atom is 0.185 e. The van der Waals surface area contributed by atoms with Gasteiger partial charge in [-0.2, -0.15) is 0 Å². The van der Waals surface area contributed by atoms with Gasteiger partial charge in [0.2, 0.25) is 0 Å². The molecule has 17 heavy (non-hydrogen) atoms. The Bertz CT molecular complexity index is 545. The van der Waals surface area contributed by atoms with Crippen LogP contribution in [0.1, 0.15) is 16.1 Å². The first-order valence-corrected chi connectivity index (χ1v) is 5.69. The van der Waals surface area contributed by atoms with E-state index in [9.17, 15) is 9.18 Å². The molecule has 0 unspecified atom stereocenters. The van der Waals surface area contributed by atoms with Crippen molar-refractivity contribution in [3.05, 3.63) is 58.3 Å². The summed E-state index contributed by atoms with van der Waals surface area (Å²) in [4.78, 5) is 19.5. The number of carbonyl (C=O) groups excluding carboxylic acids is 1. The van der Waals surface area contributed by atoms with Crippen LogP contribution < -0.4 is 0 Å². The number of benzene rings is 1. The van der Waals surface area contributed by atoms with Gasteiger partial charge >= 0.3 is 0 Å². The van der Waals surface area contributed by atoms with Crippen molar-refractivity contribution in [2.75, 3.05) is 0 Å². The molecule has 86 valence electrons. The van der Waals surface area contributed by atoms with Gasteiger partial charge in [-0.25, -0.2) is 14.4 Å². The fourth-order valence-corrected chi connectivity index (χ4v) is 1.88. The van der Waals surface area contributed by atoms with E-state index in [4.69, 9.17) is 0 Å². The summed E-state index contributed by atoms with van der Waals surface area (Å²) in [7, 11) is 0. The Balaban J connectivity index is 2.19. The summed E-state index contributed by atoms with van der Waals surface area (Å²) in [5.41, 5.74) is 1.09. The molecule has 0 saturated heterocycles. The van der Waals surface area contributed by atoms with Crippen LogP contribution in [0.25, 0.3) is 0 Å². The van der Waals surface area contributed by atoms with Crippen molar-refractivity contribution in [1.82, 2.24) is 9.97 Å². The molecule has 0 atom stereocenters. The van der Waals surface area contributed by atoms with Gasteiger partial charge in [-0.05, 0) is 23.8 Å². The fraction of sp³-hybridized carbons (Fsp3) is 0.0833. The van der Waals surface area contributed by atoms with Gasteiger partial charge in [-0.1, -0.05) is 22.0 Å². The molecule has 2 rings (SSSR count). The summed E-state index contributed by atoms with van der Waals surface area (Å²) < 4.78 is 13.5. The van der Waals surface area contributed by atoms with Crippen molar-refractivity contribution in [3.8, 4) is 0 Å². The number of hydrogen-bond donors (Lipinski definition) is 0. The lowest BCUT2D eigenvalue weighted by Crippen LogP contribution is -2.06. The fourth-order valence-electron chi connectivity index (χ4n) is 1.38. The van der Waals surface area contributed by atoms with E-state index in [1.54, 1.807) is 12.1 Å². The van der Waals surface area contributed by atoms with Crippen LogP contribution in [0.15, 0.2) is 41.3 Å². The van der Waals surface area contributed by atoms with Crippen LogP contribution in [-0.4, -0.2) is 15.8 Å². The second-order valence-corrected chi connectivity index (χ2v) is 4.28. The molecule has 0 bridgehead atoms. The smallest absolute Gasteiger partial charge is 0.185 e. The molecule has 1 heterocycles. The van der Waals surface area contributed by atoms with E-state index in [0.29, 0.717) is 10.2 Å². The van der Waals surface area contributed by atoms with Crippen LogP contribution in [0.3, 0.4) is 0 Å². The van der Waals surface area contributed by atoms with Crippen LogP contribution >= 0.6 is 15.9 Å². The topological polar surface area (TPSA) is 42.9 Å². The Morgan fingerprint density at radius 2 is 2.18 bits per heavy atom. The third kappa shape index (κ3) is 2.94. The molecule has 1 aromatic heterocycles. The van der Waals surface area contributed by atoms with Crippen molar-refractivity contribution in [2.45, 2.75) is 6.42 Å². The minimum absolute atomic E-state index is 0.125. The molecular weight excluding hydrogens is 287 g/mol. The number of Topliss-reactive ketones (excluding diaryl/α,β-unsaturated/α-hetero) is 1. The molecule has 0 aliphatic rings. The molecule has 2 aromatic rings. The molecule has 1 aromatic carbocycles. The largest absolute Gasteiger partial charge is 0.292 e. The molecule has 5 heteroatoms. The van der Waals surface area contributed by atoms with E-state index in [2.05, 4.69) is 25.9 Å².